The fourth-order valence-corrected chi connectivity index (χ4v) is 2.72. The molecule has 0 amide bonds. The summed E-state index contributed by atoms with van der Waals surface area (Å²) in [6.45, 7) is 11.4. The van der Waals surface area contributed by atoms with Gasteiger partial charge in [-0.2, -0.15) is 0 Å². The lowest BCUT2D eigenvalue weighted by Crippen LogP contribution is -2.38. The quantitative estimate of drug-likeness (QED) is 0.380. The molecule has 0 saturated carbocycles. The predicted molar refractivity (Wildman–Crippen MR) is 105 cm³/mol. The molecule has 2 rings (SSSR count). The highest BCUT2D eigenvalue weighted by Crippen LogP contribution is 2.24. The smallest absolute Gasteiger partial charge is 0.191 e. The van der Waals surface area contributed by atoms with E-state index in [0.717, 1.165) is 63.0 Å². The van der Waals surface area contributed by atoms with Crippen molar-refractivity contribution in [2.45, 2.75) is 46.3 Å². The normalized spacial score (nSPS) is 17.3. The van der Waals surface area contributed by atoms with Crippen LogP contribution in [0.15, 0.2) is 23.2 Å². The van der Waals surface area contributed by atoms with Crippen molar-refractivity contribution in [3.63, 3.8) is 0 Å². The van der Waals surface area contributed by atoms with Crippen molar-refractivity contribution in [3.05, 3.63) is 29.3 Å². The Bertz CT molecular complexity index is 557. The first kappa shape index (κ1) is 20.5. The van der Waals surface area contributed by atoms with Crippen LogP contribution >= 0.6 is 0 Å². The van der Waals surface area contributed by atoms with Gasteiger partial charge in [0.1, 0.15) is 11.9 Å². The molecule has 0 bridgehead atoms. The summed E-state index contributed by atoms with van der Waals surface area (Å²) in [5.41, 5.74) is 2.28. The predicted octanol–water partition coefficient (Wildman–Crippen LogP) is 2.64. The van der Waals surface area contributed by atoms with Crippen LogP contribution in [0.1, 0.15) is 37.8 Å². The minimum atomic E-state index is 0.143. The SMILES string of the molecule is CCNC(=NCc1ccc(C)cc1OC1CCOC1)NCCCOCC. The lowest BCUT2D eigenvalue weighted by molar-refractivity contribution is 0.140. The van der Waals surface area contributed by atoms with Crippen molar-refractivity contribution in [3.8, 4) is 5.75 Å². The zero-order valence-corrected chi connectivity index (χ0v) is 16.3. The van der Waals surface area contributed by atoms with E-state index in [2.05, 4.69) is 42.7 Å². The Morgan fingerprint density at radius 2 is 2.19 bits per heavy atom. The third-order valence-corrected chi connectivity index (χ3v) is 4.12. The van der Waals surface area contributed by atoms with E-state index in [9.17, 15) is 0 Å². The minimum Gasteiger partial charge on any atom is -0.488 e. The van der Waals surface area contributed by atoms with E-state index in [1.54, 1.807) is 0 Å². The third kappa shape index (κ3) is 7.22. The maximum Gasteiger partial charge on any atom is 0.191 e. The molecule has 1 atom stereocenters. The number of benzene rings is 1. The molecule has 0 spiro atoms. The summed E-state index contributed by atoms with van der Waals surface area (Å²) in [6, 6.07) is 6.29. The average Bonchev–Trinajstić information content (AvgIpc) is 3.13. The van der Waals surface area contributed by atoms with Crippen LogP contribution in [0.2, 0.25) is 0 Å². The topological polar surface area (TPSA) is 64.1 Å². The molecule has 0 aliphatic carbocycles. The summed E-state index contributed by atoms with van der Waals surface area (Å²) >= 11 is 0. The van der Waals surface area contributed by atoms with Crippen LogP contribution in [-0.2, 0) is 16.0 Å². The number of nitrogens with zero attached hydrogens (tertiary/aromatic N) is 1. The highest BCUT2D eigenvalue weighted by molar-refractivity contribution is 5.79. The largest absolute Gasteiger partial charge is 0.488 e. The van der Waals surface area contributed by atoms with E-state index in [1.165, 1.54) is 5.56 Å². The Morgan fingerprint density at radius 3 is 2.92 bits per heavy atom. The van der Waals surface area contributed by atoms with Crippen molar-refractivity contribution in [1.82, 2.24) is 10.6 Å². The maximum absolute atomic E-state index is 6.15. The molecule has 6 nitrogen and oxygen atoms in total. The van der Waals surface area contributed by atoms with Crippen molar-refractivity contribution >= 4 is 5.96 Å². The summed E-state index contributed by atoms with van der Waals surface area (Å²) in [4.78, 5) is 4.71. The second kappa shape index (κ2) is 11.8. The van der Waals surface area contributed by atoms with Crippen LogP contribution in [0.25, 0.3) is 0 Å². The molecule has 26 heavy (non-hydrogen) atoms. The Labute approximate surface area is 157 Å². The number of hydrogen-bond donors (Lipinski definition) is 2. The lowest BCUT2D eigenvalue weighted by atomic mass is 10.1. The van der Waals surface area contributed by atoms with E-state index in [-0.39, 0.29) is 6.10 Å². The van der Waals surface area contributed by atoms with Gasteiger partial charge in [0.25, 0.3) is 0 Å². The molecule has 1 aliphatic rings. The van der Waals surface area contributed by atoms with Gasteiger partial charge in [-0.05, 0) is 38.8 Å². The summed E-state index contributed by atoms with van der Waals surface area (Å²) in [7, 11) is 0. The molecule has 0 radical (unpaired) electrons. The maximum atomic E-state index is 6.15. The highest BCUT2D eigenvalue weighted by Gasteiger charge is 2.18. The van der Waals surface area contributed by atoms with Gasteiger partial charge < -0.3 is 24.8 Å². The van der Waals surface area contributed by atoms with E-state index in [0.29, 0.717) is 13.2 Å². The average molecular weight is 364 g/mol. The molecule has 1 aromatic carbocycles. The number of nitrogens with one attached hydrogen (secondary N) is 2. The van der Waals surface area contributed by atoms with Gasteiger partial charge in [-0.1, -0.05) is 12.1 Å². The van der Waals surface area contributed by atoms with Gasteiger partial charge in [-0.25, -0.2) is 4.99 Å². The number of aliphatic imine (C=N–C) groups is 1. The zero-order chi connectivity index (χ0) is 18.6. The molecule has 2 N–H and O–H groups in total. The molecule has 0 aromatic heterocycles. The van der Waals surface area contributed by atoms with E-state index in [4.69, 9.17) is 19.2 Å². The van der Waals surface area contributed by atoms with Crippen molar-refractivity contribution in [2.75, 3.05) is 39.5 Å². The van der Waals surface area contributed by atoms with E-state index < -0.39 is 0 Å². The van der Waals surface area contributed by atoms with Gasteiger partial charge in [0, 0.05) is 38.3 Å². The van der Waals surface area contributed by atoms with Gasteiger partial charge in [-0.15, -0.1) is 0 Å². The van der Waals surface area contributed by atoms with Crippen molar-refractivity contribution in [2.24, 2.45) is 4.99 Å². The molecule has 1 aromatic rings. The van der Waals surface area contributed by atoms with Crippen LogP contribution in [0, 0.1) is 6.92 Å². The number of aryl methyl sites for hydroxylation is 1. The standard InChI is InChI=1S/C20H33N3O3/c1-4-21-20(22-10-6-11-24-5-2)23-14-17-8-7-16(3)13-19(17)26-18-9-12-25-15-18/h7-8,13,18H,4-6,9-12,14-15H2,1-3H3,(H2,21,22,23). The minimum absolute atomic E-state index is 0.143. The summed E-state index contributed by atoms with van der Waals surface area (Å²) in [5.74, 6) is 1.73. The Balaban J connectivity index is 1.95. The van der Waals surface area contributed by atoms with Gasteiger partial charge in [-0.3, -0.25) is 0 Å². The van der Waals surface area contributed by atoms with E-state index in [1.807, 2.05) is 6.92 Å². The fraction of sp³-hybridized carbons (Fsp3) is 0.650. The van der Waals surface area contributed by atoms with Crippen molar-refractivity contribution in [1.29, 1.82) is 0 Å². The van der Waals surface area contributed by atoms with Crippen molar-refractivity contribution < 1.29 is 14.2 Å². The molecular formula is C20H33N3O3. The number of ether oxygens (including phenoxy) is 3. The first-order valence-corrected chi connectivity index (χ1v) is 9.66. The van der Waals surface area contributed by atoms with Gasteiger partial charge in [0.15, 0.2) is 5.96 Å². The molecule has 146 valence electrons. The third-order valence-electron chi connectivity index (χ3n) is 4.12. The van der Waals surface area contributed by atoms with Crippen LogP contribution < -0.4 is 15.4 Å². The fourth-order valence-electron chi connectivity index (χ4n) is 2.72. The summed E-state index contributed by atoms with van der Waals surface area (Å²) in [6.07, 6.45) is 2.05. The summed E-state index contributed by atoms with van der Waals surface area (Å²) < 4.78 is 16.9. The summed E-state index contributed by atoms with van der Waals surface area (Å²) in [5, 5.41) is 6.64. The first-order valence-electron chi connectivity index (χ1n) is 9.66. The molecular weight excluding hydrogens is 330 g/mol. The van der Waals surface area contributed by atoms with E-state index >= 15 is 0 Å². The monoisotopic (exact) mass is 363 g/mol. The molecule has 1 unspecified atom stereocenters. The van der Waals surface area contributed by atoms with Crippen LogP contribution in [0.5, 0.6) is 5.75 Å². The molecule has 1 saturated heterocycles. The second-order valence-electron chi connectivity index (χ2n) is 6.39. The molecule has 1 fully saturated rings. The zero-order valence-electron chi connectivity index (χ0n) is 16.3. The number of rotatable bonds is 10. The number of guanidine groups is 1. The molecule has 1 heterocycles. The number of hydrogen-bond acceptors (Lipinski definition) is 4. The van der Waals surface area contributed by atoms with Crippen LogP contribution in [-0.4, -0.2) is 51.6 Å². The van der Waals surface area contributed by atoms with Gasteiger partial charge >= 0.3 is 0 Å². The molecule has 1 aliphatic heterocycles. The Morgan fingerprint density at radius 1 is 1.31 bits per heavy atom. The van der Waals surface area contributed by atoms with Gasteiger partial charge in [0.2, 0.25) is 0 Å². The highest BCUT2D eigenvalue weighted by atomic mass is 16.5. The van der Waals surface area contributed by atoms with Crippen LogP contribution in [0.4, 0.5) is 0 Å². The second-order valence-corrected chi connectivity index (χ2v) is 6.39. The Kier molecular flexibility index (Phi) is 9.28. The Hall–Kier alpha value is -1.79. The van der Waals surface area contributed by atoms with Gasteiger partial charge in [0.05, 0.1) is 19.8 Å². The first-order chi connectivity index (χ1) is 12.7. The molecule has 6 heteroatoms. The van der Waals surface area contributed by atoms with Crippen LogP contribution in [0.3, 0.4) is 0 Å². The lowest BCUT2D eigenvalue weighted by Gasteiger charge is -2.16.